The van der Waals surface area contributed by atoms with Crippen LogP contribution in [0.3, 0.4) is 0 Å². The van der Waals surface area contributed by atoms with Crippen LogP contribution < -0.4 is 11.1 Å². The summed E-state index contributed by atoms with van der Waals surface area (Å²) in [5, 5.41) is 3.92. The van der Waals surface area contributed by atoms with Crippen molar-refractivity contribution in [3.63, 3.8) is 0 Å². The Kier molecular flexibility index (Phi) is 3.63. The van der Waals surface area contributed by atoms with E-state index < -0.39 is 5.54 Å². The molecule has 2 rings (SSSR count). The summed E-state index contributed by atoms with van der Waals surface area (Å²) in [4.78, 5) is 19.8. The standard InChI is InChI=1S/C11H16N4OS/c1-13-11(10(12)16,8-2-3-8)7-17-9-6-14-4-5-15-9/h4-6,8,13H,2-3,7H2,1H3,(H2,12,16). The van der Waals surface area contributed by atoms with Crippen molar-refractivity contribution in [1.82, 2.24) is 15.3 Å². The molecule has 1 aliphatic carbocycles. The quantitative estimate of drug-likeness (QED) is 0.717. The van der Waals surface area contributed by atoms with Gasteiger partial charge in [-0.1, -0.05) is 0 Å². The van der Waals surface area contributed by atoms with Gasteiger partial charge in [-0.3, -0.25) is 9.78 Å². The Morgan fingerprint density at radius 2 is 2.41 bits per heavy atom. The lowest BCUT2D eigenvalue weighted by Gasteiger charge is -2.29. The van der Waals surface area contributed by atoms with Gasteiger partial charge in [0.1, 0.15) is 10.6 Å². The number of carbonyl (C=O) groups is 1. The molecule has 92 valence electrons. The van der Waals surface area contributed by atoms with E-state index in [-0.39, 0.29) is 5.91 Å². The number of nitrogens with one attached hydrogen (secondary N) is 1. The van der Waals surface area contributed by atoms with Gasteiger partial charge in [-0.15, -0.1) is 11.8 Å². The van der Waals surface area contributed by atoms with Crippen LogP contribution in [0.2, 0.25) is 0 Å². The molecule has 6 heteroatoms. The third kappa shape index (κ3) is 2.58. The molecular formula is C11H16N4OS. The van der Waals surface area contributed by atoms with Gasteiger partial charge in [-0.05, 0) is 25.8 Å². The minimum atomic E-state index is -0.609. The van der Waals surface area contributed by atoms with Crippen LogP contribution in [0.25, 0.3) is 0 Å². The van der Waals surface area contributed by atoms with Crippen LogP contribution in [0.15, 0.2) is 23.6 Å². The molecule has 1 aromatic heterocycles. The molecule has 1 aromatic rings. The number of amides is 1. The molecular weight excluding hydrogens is 236 g/mol. The van der Waals surface area contributed by atoms with Crippen molar-refractivity contribution in [1.29, 1.82) is 0 Å². The molecule has 1 saturated carbocycles. The maximum atomic E-state index is 11.7. The van der Waals surface area contributed by atoms with Gasteiger partial charge in [0.15, 0.2) is 0 Å². The van der Waals surface area contributed by atoms with Crippen LogP contribution in [0.1, 0.15) is 12.8 Å². The van der Waals surface area contributed by atoms with E-state index in [0.29, 0.717) is 11.7 Å². The van der Waals surface area contributed by atoms with Crippen molar-refractivity contribution < 1.29 is 4.79 Å². The average molecular weight is 252 g/mol. The highest BCUT2D eigenvalue weighted by atomic mass is 32.2. The van der Waals surface area contributed by atoms with Crippen LogP contribution in [0, 0.1) is 5.92 Å². The van der Waals surface area contributed by atoms with Crippen LogP contribution in [0.4, 0.5) is 0 Å². The summed E-state index contributed by atoms with van der Waals surface area (Å²) in [5.41, 5.74) is 4.93. The van der Waals surface area contributed by atoms with Gasteiger partial charge in [-0.2, -0.15) is 0 Å². The lowest BCUT2D eigenvalue weighted by Crippen LogP contribution is -2.57. The number of nitrogens with two attached hydrogens (primary N) is 1. The number of nitrogens with zero attached hydrogens (tertiary/aromatic N) is 2. The second-order valence-electron chi connectivity index (χ2n) is 4.19. The van der Waals surface area contributed by atoms with E-state index in [9.17, 15) is 4.79 Å². The van der Waals surface area contributed by atoms with E-state index in [0.717, 1.165) is 17.9 Å². The number of hydrogen-bond acceptors (Lipinski definition) is 5. The summed E-state index contributed by atoms with van der Waals surface area (Å²) in [6.45, 7) is 0. The van der Waals surface area contributed by atoms with E-state index in [1.165, 1.54) is 11.8 Å². The fraction of sp³-hybridized carbons (Fsp3) is 0.545. The monoisotopic (exact) mass is 252 g/mol. The zero-order chi connectivity index (χ0) is 12.3. The first-order valence-corrected chi connectivity index (χ1v) is 6.55. The molecule has 3 N–H and O–H groups in total. The molecule has 1 heterocycles. The second kappa shape index (κ2) is 5.01. The molecule has 5 nitrogen and oxygen atoms in total. The molecule has 0 saturated heterocycles. The minimum absolute atomic E-state index is 0.279. The Balaban J connectivity index is 2.06. The number of rotatable bonds is 6. The first-order chi connectivity index (χ1) is 8.19. The van der Waals surface area contributed by atoms with E-state index in [1.54, 1.807) is 25.6 Å². The maximum Gasteiger partial charge on any atom is 0.238 e. The zero-order valence-electron chi connectivity index (χ0n) is 9.72. The summed E-state index contributed by atoms with van der Waals surface area (Å²) in [6, 6.07) is 0. The summed E-state index contributed by atoms with van der Waals surface area (Å²) in [5.74, 6) is 0.676. The van der Waals surface area contributed by atoms with Gasteiger partial charge < -0.3 is 11.1 Å². The van der Waals surface area contributed by atoms with Crippen molar-refractivity contribution in [2.24, 2.45) is 11.7 Å². The SMILES string of the molecule is CNC(CSc1cnccn1)(C(N)=O)C1CC1. The smallest absolute Gasteiger partial charge is 0.238 e. The third-order valence-electron chi connectivity index (χ3n) is 3.15. The highest BCUT2D eigenvalue weighted by molar-refractivity contribution is 7.99. The maximum absolute atomic E-state index is 11.7. The second-order valence-corrected chi connectivity index (χ2v) is 5.19. The van der Waals surface area contributed by atoms with Crippen molar-refractivity contribution in [3.8, 4) is 0 Å². The van der Waals surface area contributed by atoms with Crippen molar-refractivity contribution >= 4 is 17.7 Å². The van der Waals surface area contributed by atoms with Crippen molar-refractivity contribution in [2.45, 2.75) is 23.4 Å². The van der Waals surface area contributed by atoms with Gasteiger partial charge in [0.25, 0.3) is 0 Å². The Labute approximate surface area is 105 Å². The topological polar surface area (TPSA) is 80.9 Å². The summed E-state index contributed by atoms with van der Waals surface area (Å²) in [6.07, 6.45) is 7.09. The first-order valence-electron chi connectivity index (χ1n) is 5.56. The molecule has 1 unspecified atom stereocenters. The molecule has 0 spiro atoms. The predicted molar refractivity (Wildman–Crippen MR) is 66.5 cm³/mol. The van der Waals surface area contributed by atoms with E-state index in [4.69, 9.17) is 5.73 Å². The average Bonchev–Trinajstić information content (AvgIpc) is 3.16. The van der Waals surface area contributed by atoms with E-state index in [1.807, 2.05) is 0 Å². The van der Waals surface area contributed by atoms with E-state index in [2.05, 4.69) is 15.3 Å². The van der Waals surface area contributed by atoms with E-state index >= 15 is 0 Å². The molecule has 0 radical (unpaired) electrons. The molecule has 0 aromatic carbocycles. The fourth-order valence-corrected chi connectivity index (χ4v) is 3.08. The molecule has 17 heavy (non-hydrogen) atoms. The Hall–Kier alpha value is -1.14. The van der Waals surface area contributed by atoms with Crippen LogP contribution in [-0.4, -0.2) is 34.2 Å². The largest absolute Gasteiger partial charge is 0.368 e. The molecule has 1 fully saturated rings. The van der Waals surface area contributed by atoms with Gasteiger partial charge >= 0.3 is 0 Å². The van der Waals surface area contributed by atoms with Crippen LogP contribution in [-0.2, 0) is 4.79 Å². The molecule has 1 aliphatic rings. The lowest BCUT2D eigenvalue weighted by atomic mass is 9.95. The Bertz CT molecular complexity index is 396. The first kappa shape index (κ1) is 12.3. The number of hydrogen-bond donors (Lipinski definition) is 2. The normalized spacial score (nSPS) is 18.6. The number of thioether (sulfide) groups is 1. The number of primary amides is 1. The predicted octanol–water partition coefficient (Wildman–Crippen LogP) is 0.422. The number of aromatic nitrogens is 2. The van der Waals surface area contributed by atoms with Crippen molar-refractivity contribution in [2.75, 3.05) is 12.8 Å². The zero-order valence-corrected chi connectivity index (χ0v) is 10.5. The van der Waals surface area contributed by atoms with Crippen LogP contribution in [0.5, 0.6) is 0 Å². The van der Waals surface area contributed by atoms with Gasteiger partial charge in [0, 0.05) is 18.1 Å². The Morgan fingerprint density at radius 1 is 1.65 bits per heavy atom. The highest BCUT2D eigenvalue weighted by Gasteiger charge is 2.48. The van der Waals surface area contributed by atoms with Crippen molar-refractivity contribution in [3.05, 3.63) is 18.6 Å². The van der Waals surface area contributed by atoms with Crippen LogP contribution >= 0.6 is 11.8 Å². The van der Waals surface area contributed by atoms with Gasteiger partial charge in [0.2, 0.25) is 5.91 Å². The van der Waals surface area contributed by atoms with Gasteiger partial charge in [-0.25, -0.2) is 4.98 Å². The molecule has 1 atom stereocenters. The lowest BCUT2D eigenvalue weighted by molar-refractivity contribution is -0.124. The summed E-state index contributed by atoms with van der Waals surface area (Å²) < 4.78 is 0. The highest BCUT2D eigenvalue weighted by Crippen LogP contribution is 2.41. The minimum Gasteiger partial charge on any atom is -0.368 e. The van der Waals surface area contributed by atoms with Gasteiger partial charge in [0.05, 0.1) is 6.20 Å². The molecule has 1 amide bonds. The third-order valence-corrected chi connectivity index (χ3v) is 4.25. The fourth-order valence-electron chi connectivity index (χ4n) is 1.91. The number of likely N-dealkylation sites (N-methyl/N-ethyl adjacent to an activating group) is 1. The molecule has 0 aliphatic heterocycles. The molecule has 0 bridgehead atoms. The summed E-state index contributed by atoms with van der Waals surface area (Å²) >= 11 is 1.51. The Morgan fingerprint density at radius 3 is 2.88 bits per heavy atom. The number of carbonyl (C=O) groups excluding carboxylic acids is 1. The summed E-state index contributed by atoms with van der Waals surface area (Å²) in [7, 11) is 1.79.